The predicted octanol–water partition coefficient (Wildman–Crippen LogP) is 3.58. The molecule has 2 rings (SSSR count). The Morgan fingerprint density at radius 3 is 2.62 bits per heavy atom. The third-order valence-corrected chi connectivity index (χ3v) is 4.08. The lowest BCUT2D eigenvalue weighted by Crippen LogP contribution is -2.40. The molecule has 0 aliphatic carbocycles. The number of halogens is 1. The van der Waals surface area contributed by atoms with E-state index in [9.17, 15) is 0 Å². The van der Waals surface area contributed by atoms with E-state index in [-0.39, 0.29) is 29.5 Å². The van der Waals surface area contributed by atoms with Crippen molar-refractivity contribution in [3.05, 3.63) is 35.5 Å². The average molecular weight is 471 g/mol. The van der Waals surface area contributed by atoms with Gasteiger partial charge < -0.3 is 20.9 Å². The first-order valence-corrected chi connectivity index (χ1v) is 9.23. The van der Waals surface area contributed by atoms with Gasteiger partial charge in [0.05, 0.1) is 6.54 Å². The van der Waals surface area contributed by atoms with Gasteiger partial charge >= 0.3 is 0 Å². The summed E-state index contributed by atoms with van der Waals surface area (Å²) < 4.78 is 0. The minimum atomic E-state index is 0. The van der Waals surface area contributed by atoms with Crippen molar-refractivity contribution in [2.24, 2.45) is 4.99 Å². The van der Waals surface area contributed by atoms with Crippen molar-refractivity contribution in [2.45, 2.75) is 46.6 Å². The van der Waals surface area contributed by atoms with Crippen LogP contribution in [0.25, 0.3) is 10.9 Å². The van der Waals surface area contributed by atoms with Crippen LogP contribution < -0.4 is 16.0 Å². The highest BCUT2D eigenvalue weighted by molar-refractivity contribution is 14.0. The molecule has 0 amide bonds. The molecule has 0 unspecified atom stereocenters. The lowest BCUT2D eigenvalue weighted by Gasteiger charge is -2.20. The number of aromatic nitrogens is 1. The summed E-state index contributed by atoms with van der Waals surface area (Å²) in [6.45, 7) is 14.1. The van der Waals surface area contributed by atoms with E-state index in [0.717, 1.165) is 38.6 Å². The van der Waals surface area contributed by atoms with E-state index in [1.807, 2.05) is 0 Å². The second-order valence-corrected chi connectivity index (χ2v) is 7.43. The Morgan fingerprint density at radius 2 is 1.92 bits per heavy atom. The van der Waals surface area contributed by atoms with Crippen LogP contribution in [0.1, 0.15) is 38.8 Å². The average Bonchev–Trinajstić information content (AvgIpc) is 2.95. The number of benzene rings is 1. The second-order valence-electron chi connectivity index (χ2n) is 7.43. The van der Waals surface area contributed by atoms with Gasteiger partial charge in [-0.05, 0) is 52.2 Å². The number of nitrogens with zero attached hydrogens (tertiary/aromatic N) is 1. The molecule has 26 heavy (non-hydrogen) atoms. The standard InChI is InChI=1S/C20H33N5.HI/c1-6-21-19(23-12-13-25-20(3,4)5)22-11-10-16-14-24-18-15(2)8-7-9-17(16)18;/h7-9,14,24-25H,6,10-13H2,1-5H3,(H2,21,22,23);1H. The van der Waals surface area contributed by atoms with Crippen molar-refractivity contribution in [2.75, 3.05) is 26.2 Å². The first-order valence-electron chi connectivity index (χ1n) is 9.23. The van der Waals surface area contributed by atoms with Gasteiger partial charge in [0.15, 0.2) is 5.96 Å². The number of hydrogen-bond donors (Lipinski definition) is 4. The molecule has 0 spiro atoms. The van der Waals surface area contributed by atoms with E-state index in [0.29, 0.717) is 0 Å². The van der Waals surface area contributed by atoms with Gasteiger partial charge in [0.1, 0.15) is 0 Å². The maximum absolute atomic E-state index is 4.64. The Bertz CT molecular complexity index is 700. The summed E-state index contributed by atoms with van der Waals surface area (Å²) in [4.78, 5) is 8.03. The fourth-order valence-corrected chi connectivity index (χ4v) is 2.83. The summed E-state index contributed by atoms with van der Waals surface area (Å²) in [5.74, 6) is 0.884. The van der Waals surface area contributed by atoms with Crippen LogP contribution >= 0.6 is 24.0 Å². The number of fused-ring (bicyclic) bond motifs is 1. The lowest BCUT2D eigenvalue weighted by molar-refractivity contribution is 0.432. The SMILES string of the molecule is CCNC(=NCCNC(C)(C)C)NCCc1c[nH]c2c(C)cccc12.I. The van der Waals surface area contributed by atoms with Crippen LogP contribution in [0, 0.1) is 6.92 Å². The largest absolute Gasteiger partial charge is 0.361 e. The van der Waals surface area contributed by atoms with Crippen LogP contribution in [-0.2, 0) is 6.42 Å². The highest BCUT2D eigenvalue weighted by Crippen LogP contribution is 2.21. The number of aryl methyl sites for hydroxylation is 1. The molecule has 0 saturated carbocycles. The smallest absolute Gasteiger partial charge is 0.191 e. The number of aromatic amines is 1. The highest BCUT2D eigenvalue weighted by atomic mass is 127. The van der Waals surface area contributed by atoms with Crippen LogP contribution in [0.2, 0.25) is 0 Å². The molecule has 1 aromatic heterocycles. The van der Waals surface area contributed by atoms with E-state index in [2.05, 4.69) is 84.9 Å². The predicted molar refractivity (Wildman–Crippen MR) is 124 cm³/mol. The van der Waals surface area contributed by atoms with Crippen LogP contribution in [0.4, 0.5) is 0 Å². The molecule has 4 N–H and O–H groups in total. The van der Waals surface area contributed by atoms with Crippen LogP contribution in [0.15, 0.2) is 29.4 Å². The zero-order valence-electron chi connectivity index (χ0n) is 16.7. The van der Waals surface area contributed by atoms with E-state index in [1.54, 1.807) is 0 Å². The third-order valence-electron chi connectivity index (χ3n) is 4.08. The number of guanidine groups is 1. The molecule has 0 fully saturated rings. The molecule has 1 aromatic carbocycles. The lowest BCUT2D eigenvalue weighted by atomic mass is 10.1. The summed E-state index contributed by atoms with van der Waals surface area (Å²) in [5, 5.41) is 11.5. The molecule has 146 valence electrons. The zero-order valence-corrected chi connectivity index (χ0v) is 19.0. The molecular weight excluding hydrogens is 437 g/mol. The summed E-state index contributed by atoms with van der Waals surface area (Å²) in [5.41, 5.74) is 4.01. The quantitative estimate of drug-likeness (QED) is 0.216. The minimum Gasteiger partial charge on any atom is -0.361 e. The molecule has 0 aliphatic heterocycles. The Morgan fingerprint density at radius 1 is 1.15 bits per heavy atom. The Labute approximate surface area is 174 Å². The van der Waals surface area contributed by atoms with Gasteiger partial charge in [-0.15, -0.1) is 24.0 Å². The maximum atomic E-state index is 4.64. The monoisotopic (exact) mass is 471 g/mol. The molecule has 5 nitrogen and oxygen atoms in total. The van der Waals surface area contributed by atoms with Crippen LogP contribution in [0.3, 0.4) is 0 Å². The molecule has 6 heteroatoms. The van der Waals surface area contributed by atoms with Gasteiger partial charge in [-0.25, -0.2) is 0 Å². The van der Waals surface area contributed by atoms with Gasteiger partial charge in [0.2, 0.25) is 0 Å². The second kappa shape index (κ2) is 10.8. The first kappa shape index (κ1) is 22.8. The normalized spacial score (nSPS) is 12.1. The van der Waals surface area contributed by atoms with Crippen molar-refractivity contribution in [3.8, 4) is 0 Å². The number of para-hydroxylation sites is 1. The topological polar surface area (TPSA) is 64.2 Å². The van der Waals surface area contributed by atoms with Crippen LogP contribution in [-0.4, -0.2) is 42.7 Å². The molecule has 1 heterocycles. The highest BCUT2D eigenvalue weighted by Gasteiger charge is 2.08. The number of hydrogen-bond acceptors (Lipinski definition) is 2. The molecule has 2 aromatic rings. The van der Waals surface area contributed by atoms with Gasteiger partial charge in [-0.1, -0.05) is 18.2 Å². The molecule has 0 bridgehead atoms. The third kappa shape index (κ3) is 7.15. The van der Waals surface area contributed by atoms with Crippen molar-refractivity contribution >= 4 is 40.8 Å². The minimum absolute atomic E-state index is 0. The zero-order chi connectivity index (χ0) is 18.3. The fourth-order valence-electron chi connectivity index (χ4n) is 2.83. The summed E-state index contributed by atoms with van der Waals surface area (Å²) >= 11 is 0. The summed E-state index contributed by atoms with van der Waals surface area (Å²) in [7, 11) is 0. The van der Waals surface area contributed by atoms with Gasteiger partial charge in [0, 0.05) is 42.3 Å². The molecule has 0 radical (unpaired) electrons. The van der Waals surface area contributed by atoms with E-state index in [1.165, 1.54) is 22.0 Å². The van der Waals surface area contributed by atoms with Crippen molar-refractivity contribution in [1.82, 2.24) is 20.9 Å². The number of rotatable bonds is 7. The van der Waals surface area contributed by atoms with Crippen LogP contribution in [0.5, 0.6) is 0 Å². The molecule has 0 saturated heterocycles. The van der Waals surface area contributed by atoms with E-state index < -0.39 is 0 Å². The Balaban J connectivity index is 0.00000338. The number of aliphatic imine (C=N–C) groups is 1. The summed E-state index contributed by atoms with van der Waals surface area (Å²) in [6.07, 6.45) is 3.09. The Kier molecular flexibility index (Phi) is 9.43. The van der Waals surface area contributed by atoms with Gasteiger partial charge in [0.25, 0.3) is 0 Å². The van der Waals surface area contributed by atoms with E-state index >= 15 is 0 Å². The van der Waals surface area contributed by atoms with Gasteiger partial charge in [-0.2, -0.15) is 0 Å². The molecule has 0 aliphatic rings. The Hall–Kier alpha value is -1.28. The molecule has 0 atom stereocenters. The first-order chi connectivity index (χ1) is 11.9. The van der Waals surface area contributed by atoms with E-state index in [4.69, 9.17) is 0 Å². The number of nitrogens with one attached hydrogen (secondary N) is 4. The molecular formula is C20H34IN5. The number of H-pyrrole nitrogens is 1. The van der Waals surface area contributed by atoms with Gasteiger partial charge in [-0.3, -0.25) is 4.99 Å². The van der Waals surface area contributed by atoms with Crippen molar-refractivity contribution in [1.29, 1.82) is 0 Å². The fraction of sp³-hybridized carbons (Fsp3) is 0.550. The summed E-state index contributed by atoms with van der Waals surface area (Å²) in [6, 6.07) is 6.45. The van der Waals surface area contributed by atoms with Crippen molar-refractivity contribution in [3.63, 3.8) is 0 Å². The van der Waals surface area contributed by atoms with Crippen molar-refractivity contribution < 1.29 is 0 Å². The maximum Gasteiger partial charge on any atom is 0.191 e.